The van der Waals surface area contributed by atoms with Crippen LogP contribution < -0.4 is 5.32 Å². The summed E-state index contributed by atoms with van der Waals surface area (Å²) in [5.74, 6) is 1.03. The largest absolute Gasteiger partial charge is 0.314 e. The highest BCUT2D eigenvalue weighted by Crippen LogP contribution is 2.41. The fourth-order valence-corrected chi connectivity index (χ4v) is 2.97. The molecule has 1 aliphatic heterocycles. The van der Waals surface area contributed by atoms with E-state index < -0.39 is 0 Å². The van der Waals surface area contributed by atoms with Crippen LogP contribution in [0.3, 0.4) is 0 Å². The molecule has 2 aliphatic rings. The Morgan fingerprint density at radius 3 is 2.82 bits per heavy atom. The van der Waals surface area contributed by atoms with Crippen LogP contribution in [0.15, 0.2) is 0 Å². The standard InChI is InChI=1S/C10H19N/c1-10(2)6-8-3-4-11-9(5-8)7-10/h8-9,11H,3-7H2,1-2H3/t8?,9-/m1/s1. The van der Waals surface area contributed by atoms with Crippen molar-refractivity contribution in [2.45, 2.75) is 45.6 Å². The Kier molecular flexibility index (Phi) is 1.71. The van der Waals surface area contributed by atoms with E-state index in [1.165, 1.54) is 32.2 Å². The second-order valence-electron chi connectivity index (χ2n) is 5.11. The molecule has 1 N–H and O–H groups in total. The number of hydrogen-bond donors (Lipinski definition) is 1. The number of piperidine rings is 1. The second-order valence-corrected chi connectivity index (χ2v) is 5.11. The topological polar surface area (TPSA) is 12.0 Å². The maximum absolute atomic E-state index is 3.61. The summed E-state index contributed by atoms with van der Waals surface area (Å²) >= 11 is 0. The lowest BCUT2D eigenvalue weighted by Gasteiger charge is -2.44. The summed E-state index contributed by atoms with van der Waals surface area (Å²) in [6, 6.07) is 0.845. The third-order valence-corrected chi connectivity index (χ3v) is 3.24. The molecular formula is C10H19N. The van der Waals surface area contributed by atoms with Gasteiger partial charge < -0.3 is 5.32 Å². The van der Waals surface area contributed by atoms with Crippen molar-refractivity contribution in [1.29, 1.82) is 0 Å². The fourth-order valence-electron chi connectivity index (χ4n) is 2.97. The van der Waals surface area contributed by atoms with Crippen LogP contribution in [-0.4, -0.2) is 12.6 Å². The molecule has 1 aliphatic carbocycles. The molecule has 1 nitrogen and oxygen atoms in total. The van der Waals surface area contributed by atoms with Crippen molar-refractivity contribution in [3.63, 3.8) is 0 Å². The molecule has 1 heterocycles. The van der Waals surface area contributed by atoms with Gasteiger partial charge in [0.25, 0.3) is 0 Å². The SMILES string of the molecule is CC1(C)CC2CCN[C@H](C2)C1. The lowest BCUT2D eigenvalue weighted by molar-refractivity contribution is 0.109. The van der Waals surface area contributed by atoms with Gasteiger partial charge in [-0.2, -0.15) is 0 Å². The van der Waals surface area contributed by atoms with Gasteiger partial charge in [-0.15, -0.1) is 0 Å². The van der Waals surface area contributed by atoms with Crippen LogP contribution in [0.5, 0.6) is 0 Å². The molecule has 0 radical (unpaired) electrons. The number of hydrogen-bond acceptors (Lipinski definition) is 1. The lowest BCUT2D eigenvalue weighted by Crippen LogP contribution is -2.46. The molecule has 11 heavy (non-hydrogen) atoms. The van der Waals surface area contributed by atoms with Gasteiger partial charge in [-0.1, -0.05) is 13.8 Å². The lowest BCUT2D eigenvalue weighted by atomic mass is 9.67. The minimum Gasteiger partial charge on any atom is -0.314 e. The minimum atomic E-state index is 0.612. The molecule has 0 aromatic carbocycles. The normalized spacial score (nSPS) is 42.0. The molecule has 64 valence electrons. The maximum atomic E-state index is 3.61. The van der Waals surface area contributed by atoms with Crippen molar-refractivity contribution < 1.29 is 0 Å². The van der Waals surface area contributed by atoms with E-state index in [1.54, 1.807) is 0 Å². The summed E-state index contributed by atoms with van der Waals surface area (Å²) in [6.45, 7) is 6.10. The molecule has 0 aromatic heterocycles. The number of fused-ring (bicyclic) bond motifs is 2. The Labute approximate surface area is 69.6 Å². The average molecular weight is 153 g/mol. The monoisotopic (exact) mass is 153 g/mol. The number of rotatable bonds is 0. The Balaban J connectivity index is 2.05. The van der Waals surface area contributed by atoms with Gasteiger partial charge in [0, 0.05) is 6.04 Å². The summed E-state index contributed by atoms with van der Waals surface area (Å²) in [5, 5.41) is 3.61. The van der Waals surface area contributed by atoms with E-state index in [4.69, 9.17) is 0 Å². The quantitative estimate of drug-likeness (QED) is 0.562. The van der Waals surface area contributed by atoms with Gasteiger partial charge in [0.2, 0.25) is 0 Å². The summed E-state index contributed by atoms with van der Waals surface area (Å²) in [7, 11) is 0. The molecule has 0 aromatic rings. The highest BCUT2D eigenvalue weighted by molar-refractivity contribution is 4.91. The predicted octanol–water partition coefficient (Wildman–Crippen LogP) is 2.17. The van der Waals surface area contributed by atoms with E-state index in [9.17, 15) is 0 Å². The zero-order valence-electron chi connectivity index (χ0n) is 7.69. The minimum absolute atomic E-state index is 0.612. The van der Waals surface area contributed by atoms with Crippen LogP contribution >= 0.6 is 0 Å². The van der Waals surface area contributed by atoms with Gasteiger partial charge in [-0.05, 0) is 43.6 Å². The van der Waals surface area contributed by atoms with Gasteiger partial charge in [0.1, 0.15) is 0 Å². The van der Waals surface area contributed by atoms with Crippen LogP contribution in [-0.2, 0) is 0 Å². The van der Waals surface area contributed by atoms with Crippen LogP contribution in [0.2, 0.25) is 0 Å². The second kappa shape index (κ2) is 2.48. The third-order valence-electron chi connectivity index (χ3n) is 3.24. The van der Waals surface area contributed by atoms with Gasteiger partial charge in [-0.25, -0.2) is 0 Å². The van der Waals surface area contributed by atoms with E-state index >= 15 is 0 Å². The maximum Gasteiger partial charge on any atom is 0.00747 e. The molecular weight excluding hydrogens is 134 g/mol. The molecule has 2 fully saturated rings. The van der Waals surface area contributed by atoms with Crippen molar-refractivity contribution in [3.05, 3.63) is 0 Å². The highest BCUT2D eigenvalue weighted by atomic mass is 14.9. The van der Waals surface area contributed by atoms with E-state index in [0.717, 1.165) is 12.0 Å². The van der Waals surface area contributed by atoms with E-state index in [-0.39, 0.29) is 0 Å². The molecule has 0 amide bonds. The first kappa shape index (κ1) is 7.60. The first-order chi connectivity index (χ1) is 5.16. The molecule has 1 unspecified atom stereocenters. The van der Waals surface area contributed by atoms with Crippen LogP contribution in [0.1, 0.15) is 39.5 Å². The van der Waals surface area contributed by atoms with Gasteiger partial charge >= 0.3 is 0 Å². The first-order valence-electron chi connectivity index (χ1n) is 4.89. The molecule has 1 saturated carbocycles. The molecule has 1 heteroatoms. The molecule has 2 rings (SSSR count). The van der Waals surface area contributed by atoms with Crippen molar-refractivity contribution >= 4 is 0 Å². The van der Waals surface area contributed by atoms with Gasteiger partial charge in [0.15, 0.2) is 0 Å². The van der Waals surface area contributed by atoms with E-state index in [2.05, 4.69) is 19.2 Å². The third kappa shape index (κ3) is 1.58. The Bertz CT molecular complexity index is 137. The van der Waals surface area contributed by atoms with E-state index in [0.29, 0.717) is 5.41 Å². The van der Waals surface area contributed by atoms with Crippen molar-refractivity contribution in [3.8, 4) is 0 Å². The smallest absolute Gasteiger partial charge is 0.00747 e. The summed E-state index contributed by atoms with van der Waals surface area (Å²) in [5.41, 5.74) is 0.612. The fraction of sp³-hybridized carbons (Fsp3) is 1.00. The van der Waals surface area contributed by atoms with Crippen LogP contribution in [0.25, 0.3) is 0 Å². The summed E-state index contributed by atoms with van der Waals surface area (Å²) in [4.78, 5) is 0. The van der Waals surface area contributed by atoms with Crippen molar-refractivity contribution in [2.24, 2.45) is 11.3 Å². The van der Waals surface area contributed by atoms with Crippen molar-refractivity contribution in [1.82, 2.24) is 5.32 Å². The van der Waals surface area contributed by atoms with Gasteiger partial charge in [0.05, 0.1) is 0 Å². The highest BCUT2D eigenvalue weighted by Gasteiger charge is 2.35. The van der Waals surface area contributed by atoms with Crippen LogP contribution in [0.4, 0.5) is 0 Å². The zero-order chi connectivity index (χ0) is 7.90. The molecule has 1 saturated heterocycles. The molecule has 2 atom stereocenters. The van der Waals surface area contributed by atoms with Crippen molar-refractivity contribution in [2.75, 3.05) is 6.54 Å². The van der Waals surface area contributed by atoms with Gasteiger partial charge in [-0.3, -0.25) is 0 Å². The van der Waals surface area contributed by atoms with E-state index in [1.807, 2.05) is 0 Å². The summed E-state index contributed by atoms with van der Waals surface area (Å²) < 4.78 is 0. The Morgan fingerprint density at radius 2 is 2.09 bits per heavy atom. The first-order valence-corrected chi connectivity index (χ1v) is 4.89. The van der Waals surface area contributed by atoms with Crippen LogP contribution in [0, 0.1) is 11.3 Å². The Hall–Kier alpha value is -0.0400. The zero-order valence-corrected chi connectivity index (χ0v) is 7.69. The average Bonchev–Trinajstić information content (AvgIpc) is 1.82. The molecule has 2 bridgehead atoms. The molecule has 0 spiro atoms. The Morgan fingerprint density at radius 1 is 1.27 bits per heavy atom. The predicted molar refractivity (Wildman–Crippen MR) is 47.5 cm³/mol. The number of nitrogens with one attached hydrogen (secondary N) is 1. The summed E-state index contributed by atoms with van der Waals surface area (Å²) in [6.07, 6.45) is 5.72.